The van der Waals surface area contributed by atoms with E-state index in [0.717, 1.165) is 18.1 Å². The Bertz CT molecular complexity index is 626. The lowest BCUT2D eigenvalue weighted by molar-refractivity contribution is 0.296. The van der Waals surface area contributed by atoms with E-state index in [1.807, 2.05) is 19.9 Å². The molecule has 1 N–H and O–H groups in total. The second-order valence-corrected chi connectivity index (χ2v) is 5.58. The van der Waals surface area contributed by atoms with Gasteiger partial charge in [-0.15, -0.1) is 0 Å². The smallest absolute Gasteiger partial charge is 0.168 e. The summed E-state index contributed by atoms with van der Waals surface area (Å²) < 4.78 is 5.62. The number of nitrogens with one attached hydrogen (secondary N) is 1. The zero-order chi connectivity index (χ0) is 15.4. The summed E-state index contributed by atoms with van der Waals surface area (Å²) in [4.78, 5) is 8.68. The molecule has 4 nitrogen and oxygen atoms in total. The zero-order valence-electron chi connectivity index (χ0n) is 11.6. The van der Waals surface area contributed by atoms with Gasteiger partial charge in [0.1, 0.15) is 12.4 Å². The molecule has 7 heteroatoms. The summed E-state index contributed by atoms with van der Waals surface area (Å²) in [6.07, 6.45) is 0. The number of hydrogen-bond acceptors (Lipinski definition) is 4. The van der Waals surface area contributed by atoms with Gasteiger partial charge in [0.25, 0.3) is 0 Å². The molecule has 2 rings (SSSR count). The normalized spacial score (nSPS) is 10.5. The van der Waals surface area contributed by atoms with Crippen LogP contribution in [0.2, 0.25) is 15.1 Å². The van der Waals surface area contributed by atoms with E-state index < -0.39 is 0 Å². The third-order valence-corrected chi connectivity index (χ3v) is 3.35. The third kappa shape index (κ3) is 4.37. The van der Waals surface area contributed by atoms with Gasteiger partial charge in [0, 0.05) is 23.3 Å². The Morgan fingerprint density at radius 2 is 1.76 bits per heavy atom. The molecule has 0 amide bonds. The van der Waals surface area contributed by atoms with Crippen LogP contribution >= 0.6 is 34.8 Å². The Balaban J connectivity index is 2.17. The second-order valence-electron chi connectivity index (χ2n) is 4.33. The summed E-state index contributed by atoms with van der Waals surface area (Å²) >= 11 is 18.0. The Morgan fingerprint density at radius 3 is 2.38 bits per heavy atom. The topological polar surface area (TPSA) is 47.0 Å². The number of anilines is 1. The lowest BCUT2D eigenvalue weighted by Crippen LogP contribution is -2.07. The summed E-state index contributed by atoms with van der Waals surface area (Å²) in [5, 5.41) is 4.31. The number of halogens is 3. The van der Waals surface area contributed by atoms with Crippen LogP contribution in [0.4, 0.5) is 5.82 Å². The van der Waals surface area contributed by atoms with Crippen LogP contribution in [0.5, 0.6) is 5.75 Å². The van der Waals surface area contributed by atoms with E-state index >= 15 is 0 Å². The summed E-state index contributed by atoms with van der Waals surface area (Å²) in [7, 11) is 0. The first-order valence-corrected chi connectivity index (χ1v) is 7.48. The average molecular weight is 347 g/mol. The van der Waals surface area contributed by atoms with E-state index in [1.165, 1.54) is 0 Å². The third-order valence-electron chi connectivity index (χ3n) is 2.57. The molecule has 0 atom stereocenters. The molecule has 21 heavy (non-hydrogen) atoms. The number of rotatable bonds is 5. The molecule has 1 heterocycles. The van der Waals surface area contributed by atoms with Crippen LogP contribution in [0.3, 0.4) is 0 Å². The van der Waals surface area contributed by atoms with Gasteiger partial charge in [-0.3, -0.25) is 0 Å². The van der Waals surface area contributed by atoms with E-state index in [-0.39, 0.29) is 6.61 Å². The highest BCUT2D eigenvalue weighted by Crippen LogP contribution is 2.36. The van der Waals surface area contributed by atoms with Crippen molar-refractivity contribution in [3.05, 3.63) is 44.8 Å². The standard InChI is InChI=1S/C14H14Cl3N3O/c1-3-18-12-4-8(2)19-13(20-12)7-21-14-10(16)5-9(15)6-11(14)17/h4-6H,3,7H2,1-2H3,(H,18,19,20). The summed E-state index contributed by atoms with van der Waals surface area (Å²) in [6.45, 7) is 4.85. The minimum Gasteiger partial charge on any atom is -0.482 e. The molecule has 0 aliphatic carbocycles. The van der Waals surface area contributed by atoms with Crippen molar-refractivity contribution in [1.82, 2.24) is 9.97 Å². The fourth-order valence-corrected chi connectivity index (χ4v) is 2.70. The maximum absolute atomic E-state index is 6.07. The molecule has 112 valence electrons. The molecule has 0 bridgehead atoms. The number of ether oxygens (including phenoxy) is 1. The van der Waals surface area contributed by atoms with E-state index in [0.29, 0.717) is 26.6 Å². The largest absolute Gasteiger partial charge is 0.482 e. The summed E-state index contributed by atoms with van der Waals surface area (Å²) in [5.74, 6) is 1.68. The Labute approximate surface area is 138 Å². The number of benzene rings is 1. The van der Waals surface area contributed by atoms with E-state index in [9.17, 15) is 0 Å². The maximum atomic E-state index is 6.07. The van der Waals surface area contributed by atoms with E-state index in [2.05, 4.69) is 15.3 Å². The molecule has 1 aromatic heterocycles. The minimum absolute atomic E-state index is 0.168. The number of aromatic nitrogens is 2. The van der Waals surface area contributed by atoms with E-state index in [1.54, 1.807) is 12.1 Å². The van der Waals surface area contributed by atoms with Crippen molar-refractivity contribution in [3.8, 4) is 5.75 Å². The highest BCUT2D eigenvalue weighted by molar-refractivity contribution is 6.40. The van der Waals surface area contributed by atoms with Crippen molar-refractivity contribution < 1.29 is 4.74 Å². The predicted octanol–water partition coefficient (Wildman–Crippen LogP) is 4.76. The molecule has 0 spiro atoms. The number of hydrogen-bond donors (Lipinski definition) is 1. The molecule has 0 radical (unpaired) electrons. The lowest BCUT2D eigenvalue weighted by Gasteiger charge is -2.11. The van der Waals surface area contributed by atoms with E-state index in [4.69, 9.17) is 39.5 Å². The van der Waals surface area contributed by atoms with Crippen LogP contribution in [0, 0.1) is 6.92 Å². The predicted molar refractivity (Wildman–Crippen MR) is 86.7 cm³/mol. The average Bonchev–Trinajstić information content (AvgIpc) is 2.37. The molecule has 0 unspecified atom stereocenters. The Morgan fingerprint density at radius 1 is 1.10 bits per heavy atom. The van der Waals surface area contributed by atoms with Crippen LogP contribution < -0.4 is 10.1 Å². The molecular formula is C14H14Cl3N3O. The maximum Gasteiger partial charge on any atom is 0.168 e. The Hall–Kier alpha value is -1.23. The number of nitrogens with zero attached hydrogens (tertiary/aromatic N) is 2. The van der Waals surface area contributed by atoms with Crippen molar-refractivity contribution in [2.45, 2.75) is 20.5 Å². The molecule has 1 aromatic carbocycles. The first-order valence-electron chi connectivity index (χ1n) is 6.35. The van der Waals surface area contributed by atoms with Gasteiger partial charge in [-0.25, -0.2) is 9.97 Å². The van der Waals surface area contributed by atoms with Crippen LogP contribution in [0.1, 0.15) is 18.4 Å². The van der Waals surface area contributed by atoms with Crippen LogP contribution in [0.15, 0.2) is 18.2 Å². The van der Waals surface area contributed by atoms with Crippen molar-refractivity contribution in [1.29, 1.82) is 0 Å². The first-order chi connectivity index (χ1) is 9.99. The summed E-state index contributed by atoms with van der Waals surface area (Å²) in [6, 6.07) is 5.02. The highest BCUT2D eigenvalue weighted by atomic mass is 35.5. The van der Waals surface area contributed by atoms with Gasteiger partial charge in [0.15, 0.2) is 11.6 Å². The zero-order valence-corrected chi connectivity index (χ0v) is 13.9. The second kappa shape index (κ2) is 7.16. The van der Waals surface area contributed by atoms with Crippen molar-refractivity contribution >= 4 is 40.6 Å². The van der Waals surface area contributed by atoms with Crippen molar-refractivity contribution in [3.63, 3.8) is 0 Å². The van der Waals surface area contributed by atoms with Gasteiger partial charge in [0.05, 0.1) is 10.0 Å². The van der Waals surface area contributed by atoms with Crippen molar-refractivity contribution in [2.24, 2.45) is 0 Å². The minimum atomic E-state index is 0.168. The van der Waals surface area contributed by atoms with Crippen LogP contribution in [-0.4, -0.2) is 16.5 Å². The fraction of sp³-hybridized carbons (Fsp3) is 0.286. The van der Waals surface area contributed by atoms with Crippen LogP contribution in [-0.2, 0) is 6.61 Å². The van der Waals surface area contributed by atoms with Crippen molar-refractivity contribution in [2.75, 3.05) is 11.9 Å². The number of aryl methyl sites for hydroxylation is 1. The molecule has 0 aliphatic heterocycles. The van der Waals surface area contributed by atoms with Gasteiger partial charge in [0.2, 0.25) is 0 Å². The quantitative estimate of drug-likeness (QED) is 0.848. The van der Waals surface area contributed by atoms with Gasteiger partial charge >= 0.3 is 0 Å². The monoisotopic (exact) mass is 345 g/mol. The van der Waals surface area contributed by atoms with Gasteiger partial charge in [-0.1, -0.05) is 34.8 Å². The molecule has 0 fully saturated rings. The van der Waals surface area contributed by atoms with Gasteiger partial charge < -0.3 is 10.1 Å². The van der Waals surface area contributed by atoms with Gasteiger partial charge in [-0.05, 0) is 26.0 Å². The molecule has 0 aliphatic rings. The highest BCUT2D eigenvalue weighted by Gasteiger charge is 2.11. The Kier molecular flexibility index (Phi) is 5.51. The molecule has 2 aromatic rings. The summed E-state index contributed by atoms with van der Waals surface area (Å²) in [5.41, 5.74) is 0.854. The molecule has 0 saturated carbocycles. The molecule has 0 saturated heterocycles. The SMILES string of the molecule is CCNc1cc(C)nc(COc2c(Cl)cc(Cl)cc2Cl)n1. The first kappa shape index (κ1) is 16.1. The van der Waals surface area contributed by atoms with Crippen LogP contribution in [0.25, 0.3) is 0 Å². The fourth-order valence-electron chi connectivity index (χ4n) is 1.77. The molecular weight excluding hydrogens is 333 g/mol. The van der Waals surface area contributed by atoms with Gasteiger partial charge in [-0.2, -0.15) is 0 Å². The lowest BCUT2D eigenvalue weighted by atomic mass is 10.3.